The van der Waals surface area contributed by atoms with Crippen LogP contribution in [0.15, 0.2) is 0 Å². The van der Waals surface area contributed by atoms with E-state index in [1.807, 2.05) is 11.9 Å². The summed E-state index contributed by atoms with van der Waals surface area (Å²) in [5, 5.41) is 14.4. The van der Waals surface area contributed by atoms with Crippen LogP contribution in [0.25, 0.3) is 0 Å². The number of ether oxygens (including phenoxy) is 1. The minimum atomic E-state index is -0.840. The van der Waals surface area contributed by atoms with Crippen LogP contribution >= 0.6 is 0 Å². The number of carboxylic acids is 1. The minimum Gasteiger partial charge on any atom is -0.481 e. The largest absolute Gasteiger partial charge is 0.481 e. The highest BCUT2D eigenvalue weighted by molar-refractivity contribution is 5.78. The van der Waals surface area contributed by atoms with Crippen molar-refractivity contribution in [3.8, 4) is 0 Å². The minimum absolute atomic E-state index is 0.0811. The van der Waals surface area contributed by atoms with Crippen LogP contribution in [0.1, 0.15) is 12.8 Å². The van der Waals surface area contributed by atoms with Gasteiger partial charge in [0.25, 0.3) is 0 Å². The summed E-state index contributed by atoms with van der Waals surface area (Å²) in [6.45, 7) is 3.80. The highest BCUT2D eigenvalue weighted by atomic mass is 16.5. The molecule has 0 aromatic carbocycles. The lowest BCUT2D eigenvalue weighted by molar-refractivity contribution is -0.137. The van der Waals surface area contributed by atoms with E-state index >= 15 is 0 Å². The Kier molecular flexibility index (Phi) is 7.39. The van der Waals surface area contributed by atoms with E-state index in [0.29, 0.717) is 32.7 Å². The summed E-state index contributed by atoms with van der Waals surface area (Å²) in [5.74, 6) is -0.926. The van der Waals surface area contributed by atoms with Crippen molar-refractivity contribution in [3.05, 3.63) is 0 Å². The van der Waals surface area contributed by atoms with Crippen molar-refractivity contribution in [2.24, 2.45) is 0 Å². The van der Waals surface area contributed by atoms with E-state index in [2.05, 4.69) is 10.6 Å². The molecule has 0 aromatic rings. The molecule has 0 spiro atoms. The zero-order valence-electron chi connectivity index (χ0n) is 11.4. The Labute approximate surface area is 113 Å². The molecule has 7 nitrogen and oxygen atoms in total. The van der Waals surface area contributed by atoms with Crippen LogP contribution in [0.2, 0.25) is 0 Å². The molecule has 7 heteroatoms. The molecular formula is C12H23N3O4. The number of likely N-dealkylation sites (N-methyl/N-ethyl adjacent to an activating group) is 1. The van der Waals surface area contributed by atoms with Gasteiger partial charge in [-0.15, -0.1) is 0 Å². The molecule has 19 heavy (non-hydrogen) atoms. The number of carbonyl (C=O) groups is 2. The number of hydrogen-bond acceptors (Lipinski definition) is 5. The van der Waals surface area contributed by atoms with Gasteiger partial charge in [-0.3, -0.25) is 14.5 Å². The second-order valence-corrected chi connectivity index (χ2v) is 4.74. The summed E-state index contributed by atoms with van der Waals surface area (Å²) in [5.41, 5.74) is 0. The molecule has 0 saturated carbocycles. The van der Waals surface area contributed by atoms with Crippen LogP contribution in [-0.4, -0.2) is 74.4 Å². The topological polar surface area (TPSA) is 90.9 Å². The number of nitrogens with one attached hydrogen (secondary N) is 2. The lowest BCUT2D eigenvalue weighted by Crippen LogP contribution is -2.46. The number of carbonyl (C=O) groups excluding carboxylic acids is 1. The average molecular weight is 273 g/mol. The van der Waals surface area contributed by atoms with Gasteiger partial charge in [0.1, 0.15) is 0 Å². The lowest BCUT2D eigenvalue weighted by Gasteiger charge is -2.27. The number of amides is 1. The first-order chi connectivity index (χ1) is 9.08. The fourth-order valence-electron chi connectivity index (χ4n) is 1.92. The first kappa shape index (κ1) is 15.9. The standard InChI is InChI=1S/C12H23N3O4/c1-15(8-10-7-13-5-6-19-10)9-11(16)14-4-2-3-12(17)18/h10,13H,2-9H2,1H3,(H,14,16)(H,17,18). The molecule has 0 aliphatic carbocycles. The molecule has 1 atom stereocenters. The number of morpholine rings is 1. The number of aliphatic carboxylic acids is 1. The molecule has 1 heterocycles. The maximum atomic E-state index is 11.6. The van der Waals surface area contributed by atoms with Crippen molar-refractivity contribution < 1.29 is 19.4 Å². The second kappa shape index (κ2) is 8.84. The van der Waals surface area contributed by atoms with E-state index < -0.39 is 5.97 Å². The van der Waals surface area contributed by atoms with Gasteiger partial charge in [-0.2, -0.15) is 0 Å². The van der Waals surface area contributed by atoms with Crippen LogP contribution in [-0.2, 0) is 14.3 Å². The lowest BCUT2D eigenvalue weighted by atomic mass is 10.3. The number of rotatable bonds is 8. The van der Waals surface area contributed by atoms with Gasteiger partial charge in [-0.25, -0.2) is 0 Å². The molecule has 1 saturated heterocycles. The maximum Gasteiger partial charge on any atom is 0.303 e. The Morgan fingerprint density at radius 2 is 2.32 bits per heavy atom. The molecule has 1 aliphatic heterocycles. The summed E-state index contributed by atoms with van der Waals surface area (Å²) in [7, 11) is 1.87. The highest BCUT2D eigenvalue weighted by Gasteiger charge is 2.16. The average Bonchev–Trinajstić information content (AvgIpc) is 2.35. The molecule has 3 N–H and O–H groups in total. The van der Waals surface area contributed by atoms with Crippen LogP contribution in [0.4, 0.5) is 0 Å². The molecular weight excluding hydrogens is 250 g/mol. The van der Waals surface area contributed by atoms with Crippen molar-refractivity contribution in [2.45, 2.75) is 18.9 Å². The van der Waals surface area contributed by atoms with Gasteiger partial charge in [0.2, 0.25) is 5.91 Å². The fraction of sp³-hybridized carbons (Fsp3) is 0.833. The fourth-order valence-corrected chi connectivity index (χ4v) is 1.92. The van der Waals surface area contributed by atoms with Gasteiger partial charge >= 0.3 is 5.97 Å². The van der Waals surface area contributed by atoms with Crippen molar-refractivity contribution in [2.75, 3.05) is 46.4 Å². The first-order valence-electron chi connectivity index (χ1n) is 6.57. The van der Waals surface area contributed by atoms with Gasteiger partial charge in [0.15, 0.2) is 0 Å². The van der Waals surface area contributed by atoms with Gasteiger partial charge in [-0.05, 0) is 13.5 Å². The highest BCUT2D eigenvalue weighted by Crippen LogP contribution is 1.98. The third kappa shape index (κ3) is 7.76. The zero-order valence-corrected chi connectivity index (χ0v) is 11.4. The molecule has 1 amide bonds. The van der Waals surface area contributed by atoms with Gasteiger partial charge in [-0.1, -0.05) is 0 Å². The number of hydrogen-bond donors (Lipinski definition) is 3. The molecule has 1 aliphatic rings. The number of carboxylic acid groups (broad SMARTS) is 1. The Balaban J connectivity index is 2.07. The van der Waals surface area contributed by atoms with Crippen molar-refractivity contribution >= 4 is 11.9 Å². The third-order valence-electron chi connectivity index (χ3n) is 2.82. The molecule has 110 valence electrons. The predicted molar refractivity (Wildman–Crippen MR) is 70.0 cm³/mol. The van der Waals surface area contributed by atoms with E-state index in [0.717, 1.165) is 13.1 Å². The van der Waals surface area contributed by atoms with Crippen molar-refractivity contribution in [1.29, 1.82) is 0 Å². The summed E-state index contributed by atoms with van der Waals surface area (Å²) in [6, 6.07) is 0. The Bertz CT molecular complexity index is 293. The normalized spacial score (nSPS) is 19.4. The van der Waals surface area contributed by atoms with Crippen LogP contribution in [0.3, 0.4) is 0 Å². The summed E-state index contributed by atoms with van der Waals surface area (Å²) < 4.78 is 5.55. The molecule has 0 radical (unpaired) electrons. The van der Waals surface area contributed by atoms with E-state index in [4.69, 9.17) is 9.84 Å². The van der Waals surface area contributed by atoms with E-state index in [1.54, 1.807) is 0 Å². The van der Waals surface area contributed by atoms with E-state index in [-0.39, 0.29) is 18.4 Å². The Hall–Kier alpha value is -1.18. The molecule has 0 aromatic heterocycles. The zero-order chi connectivity index (χ0) is 14.1. The van der Waals surface area contributed by atoms with Crippen molar-refractivity contribution in [1.82, 2.24) is 15.5 Å². The van der Waals surface area contributed by atoms with Gasteiger partial charge < -0.3 is 20.5 Å². The quantitative estimate of drug-likeness (QED) is 0.486. The Morgan fingerprint density at radius 1 is 1.53 bits per heavy atom. The number of nitrogens with zero attached hydrogens (tertiary/aromatic N) is 1. The van der Waals surface area contributed by atoms with E-state index in [9.17, 15) is 9.59 Å². The summed E-state index contributed by atoms with van der Waals surface area (Å²) in [4.78, 5) is 23.8. The SMILES string of the molecule is CN(CC(=O)NCCCC(=O)O)CC1CNCCO1. The molecule has 1 fully saturated rings. The first-order valence-corrected chi connectivity index (χ1v) is 6.57. The molecule has 1 unspecified atom stereocenters. The van der Waals surface area contributed by atoms with E-state index in [1.165, 1.54) is 0 Å². The van der Waals surface area contributed by atoms with Gasteiger partial charge in [0.05, 0.1) is 19.3 Å². The monoisotopic (exact) mass is 273 g/mol. The predicted octanol–water partition coefficient (Wildman–Crippen LogP) is -1.11. The third-order valence-corrected chi connectivity index (χ3v) is 2.82. The Morgan fingerprint density at radius 3 is 2.95 bits per heavy atom. The van der Waals surface area contributed by atoms with Crippen LogP contribution in [0, 0.1) is 0 Å². The van der Waals surface area contributed by atoms with Gasteiger partial charge in [0, 0.05) is 32.6 Å². The smallest absolute Gasteiger partial charge is 0.303 e. The maximum absolute atomic E-state index is 11.6. The molecule has 0 bridgehead atoms. The second-order valence-electron chi connectivity index (χ2n) is 4.74. The van der Waals surface area contributed by atoms with Crippen molar-refractivity contribution in [3.63, 3.8) is 0 Å². The van der Waals surface area contributed by atoms with Crippen LogP contribution in [0.5, 0.6) is 0 Å². The summed E-state index contributed by atoms with van der Waals surface area (Å²) >= 11 is 0. The summed E-state index contributed by atoms with van der Waals surface area (Å²) in [6.07, 6.45) is 0.663. The van der Waals surface area contributed by atoms with Crippen LogP contribution < -0.4 is 10.6 Å². The molecule has 1 rings (SSSR count).